The molecule has 7 fully saturated rings. The molecule has 53 nitrogen and oxygen atoms in total. The van der Waals surface area contributed by atoms with Crippen LogP contribution in [0, 0.1) is 0 Å². The maximum absolute atomic E-state index is 14.6. The summed E-state index contributed by atoms with van der Waals surface area (Å²) in [6, 6.07) is -9.60. The predicted octanol–water partition coefficient (Wildman–Crippen LogP) is -8.50. The summed E-state index contributed by atoms with van der Waals surface area (Å²) in [6.07, 6.45) is -51.9. The number of ether oxygens (including phenoxy) is 14. The van der Waals surface area contributed by atoms with Gasteiger partial charge in [0.15, 0.2) is 25.2 Å². The number of aliphatic hydroxyl groups is 23. The number of carbonyl (C=O) groups excluding carboxylic acids is 5. The van der Waals surface area contributed by atoms with E-state index in [0.29, 0.717) is 12.8 Å². The van der Waals surface area contributed by atoms with Crippen molar-refractivity contribution in [1.82, 2.24) is 26.6 Å². The smallest absolute Gasteiger partial charge is 0.364 e. The van der Waals surface area contributed by atoms with Gasteiger partial charge in [-0.15, -0.1) is 0 Å². The van der Waals surface area contributed by atoms with Gasteiger partial charge in [0, 0.05) is 46.5 Å². The van der Waals surface area contributed by atoms with E-state index in [9.17, 15) is 171 Å². The number of nitrogens with one attached hydrogen (secondary N) is 5. The minimum Gasteiger partial charge on any atom is -0.477 e. The zero-order valence-corrected chi connectivity index (χ0v) is 83.0. The van der Waals surface area contributed by atoms with Crippen molar-refractivity contribution in [2.45, 2.75) is 464 Å². The molecule has 0 radical (unpaired) electrons. The van der Waals surface area contributed by atoms with Gasteiger partial charge in [-0.3, -0.25) is 24.0 Å². The number of hydrogen-bond acceptors (Lipinski definition) is 45. The summed E-state index contributed by atoms with van der Waals surface area (Å²) < 4.78 is 84.3. The van der Waals surface area contributed by atoms with Crippen LogP contribution in [0.2, 0.25) is 0 Å². The molecule has 53 heteroatoms. The first-order chi connectivity index (χ1) is 69.4. The summed E-state index contributed by atoms with van der Waals surface area (Å²) in [5.74, 6) is -22.7. The highest BCUT2D eigenvalue weighted by atomic mass is 16.8. The third-order valence-electron chi connectivity index (χ3n) is 27.2. The van der Waals surface area contributed by atoms with Crippen molar-refractivity contribution in [1.29, 1.82) is 0 Å². The lowest BCUT2D eigenvalue weighted by atomic mass is 9.87. The van der Waals surface area contributed by atoms with E-state index >= 15 is 0 Å². The van der Waals surface area contributed by atoms with Crippen molar-refractivity contribution < 1.29 is 237 Å². The molecule has 7 heterocycles. The van der Waals surface area contributed by atoms with Crippen LogP contribution in [-0.4, -0.2) is 483 Å². The number of rotatable bonds is 65. The Hall–Kier alpha value is -5.98. The molecule has 0 aromatic heterocycles. The zero-order chi connectivity index (χ0) is 108. The Bertz CT molecular complexity index is 3900. The SMILES string of the molecule is CCCCCCCCCCCCC/C=C/[C@@H](O)[C@H](CO[C@@H]1OC(CO)[C@@H](O[C@@H]2OC(CO)[C@H](O[C@@H]3OC(CO)[C@H](O)[C@H](O[C@@H]4OC(CO)[C@H](O)[C@H](O[C@]5(C(=O)O)CC(O)[C@@H](NC(C)=O)C([C@H](O)[C@H](O)CO)O5)C4O)C3NC(C)=O)[C@H](O[C@]3(C(=O)O)CC(O)[C@@H](NC(=O)CO)C([C@H](O)[C@@H](CO)O[C@]4(C(=O)O)CC(O)[C@@H](NC(C)=O)C([C@H](O)[C@H](O)CO)O4)O3)C2O)[C@H](O)C1O)NC(=O)CCCCCCCCCCCCCCC. The average Bonchev–Trinajstić information content (AvgIpc) is 0.739. The number of carboxylic acid groups (broad SMARTS) is 3. The third-order valence-corrected chi connectivity index (χ3v) is 27.2. The molecule has 7 rings (SSSR count). The van der Waals surface area contributed by atoms with Gasteiger partial charge in [-0.05, 0) is 19.3 Å². The monoisotopic (exact) mass is 2120 g/mol. The minimum absolute atomic E-state index is 0.0382. The van der Waals surface area contributed by atoms with E-state index in [0.717, 1.165) is 104 Å². The lowest BCUT2D eigenvalue weighted by molar-refractivity contribution is -0.405. The van der Waals surface area contributed by atoms with Crippen molar-refractivity contribution >= 4 is 47.4 Å². The van der Waals surface area contributed by atoms with Gasteiger partial charge in [-0.25, -0.2) is 14.4 Å². The minimum atomic E-state index is -3.87. The van der Waals surface area contributed by atoms with Gasteiger partial charge >= 0.3 is 17.9 Å². The van der Waals surface area contributed by atoms with Gasteiger partial charge in [-0.2, -0.15) is 0 Å². The summed E-state index contributed by atoms with van der Waals surface area (Å²) >= 11 is 0. The van der Waals surface area contributed by atoms with Gasteiger partial charge < -0.3 is 226 Å². The summed E-state index contributed by atoms with van der Waals surface area (Å²) in [4.78, 5) is 107. The van der Waals surface area contributed by atoms with Gasteiger partial charge in [0.05, 0.1) is 101 Å². The van der Waals surface area contributed by atoms with E-state index in [1.165, 1.54) is 70.3 Å². The van der Waals surface area contributed by atoms with Crippen LogP contribution >= 0.6 is 0 Å². The molecule has 5 amide bonds. The van der Waals surface area contributed by atoms with Crippen LogP contribution in [0.5, 0.6) is 0 Å². The van der Waals surface area contributed by atoms with Crippen LogP contribution in [0.4, 0.5) is 0 Å². The van der Waals surface area contributed by atoms with Gasteiger partial charge in [0.25, 0.3) is 17.4 Å². The summed E-state index contributed by atoms with van der Waals surface area (Å²) in [7, 11) is 0. The van der Waals surface area contributed by atoms with Crippen LogP contribution in [0.1, 0.15) is 221 Å². The van der Waals surface area contributed by atoms with E-state index < -0.39 is 370 Å². The van der Waals surface area contributed by atoms with Crippen molar-refractivity contribution in [3.63, 3.8) is 0 Å². The van der Waals surface area contributed by atoms with E-state index in [1.54, 1.807) is 6.08 Å². The molecule has 7 aliphatic rings. The normalized spacial score (nSPS) is 35.7. The largest absolute Gasteiger partial charge is 0.477 e. The Morgan fingerprint density at radius 3 is 1.18 bits per heavy atom. The Morgan fingerprint density at radius 1 is 0.377 bits per heavy atom. The Labute approximate surface area is 844 Å². The molecule has 14 unspecified atom stereocenters. The first kappa shape index (κ1) is 127. The fourth-order valence-corrected chi connectivity index (χ4v) is 19.1. The number of carbonyl (C=O) groups is 8. The summed E-state index contributed by atoms with van der Waals surface area (Å²) in [6.45, 7) is -4.79. The molecule has 0 aromatic rings. The molecule has 0 aliphatic carbocycles. The summed E-state index contributed by atoms with van der Waals surface area (Å²) in [5, 5.41) is 308. The number of allylic oxidation sites excluding steroid dienone is 1. The Kier molecular flexibility index (Phi) is 54.2. The zero-order valence-electron chi connectivity index (χ0n) is 83.0. The standard InChI is InChI=1S/C93H161N5O48/c1-6-8-10-12-14-16-18-20-22-24-26-28-30-32-50(110)49(97-61(116)33-31-29-27-25-23-21-19-17-15-13-11-9-7-2)45-133-85-73(124)72(123)76(59(42-104)136-85)138-87-75(126)83(146-93(90(131)132)36-53(113)65(98-62(117)44-106)81(144-93)71(122)58(41-103)141-91(88(127)128)34-51(111)63(94-46(3)107)79(142-91)67(118)54(114)37-99)77(60(43-105)137-87)139-84-66(96-48(5)109)78(69(120)56(39-101)134-84)140-86-74(125)82(70(121)57(40-102)135-86)145-92(89(129)130)35-52(112)64(95-47(4)108)80(143-92)68(119)55(115)38-100/h30,32,49-60,63-87,99-106,110-115,118-126H,6-29,31,33-45H2,1-5H3,(H,94,107)(H,95,108)(H,96,109)(H,97,116)(H,98,117)(H,127,128)(H,129,130)(H,131,132)/b32-30+/t49-,50+,51?,52?,53?,54+,55+,56?,57?,58+,59?,60?,63+,64+,65+,66?,67+,68+,69-,70-,71+,72+,73?,74?,75?,76+,77-,78+,79?,80?,81?,82-,83+,84-,85+,86-,87-,91+,92-,93-/m0/s1. The molecular formula is C93H161N5O48. The number of carboxylic acids is 3. The van der Waals surface area contributed by atoms with Crippen LogP contribution < -0.4 is 26.6 Å². The average molecular weight is 2120 g/mol. The maximum atomic E-state index is 14.6. The molecule has 846 valence electrons. The molecule has 7 saturated heterocycles. The highest BCUT2D eigenvalue weighted by Gasteiger charge is 2.66. The summed E-state index contributed by atoms with van der Waals surface area (Å²) in [5.41, 5.74) is 0. The highest BCUT2D eigenvalue weighted by Crippen LogP contribution is 2.45. The second kappa shape index (κ2) is 62.4. The van der Waals surface area contributed by atoms with Gasteiger partial charge in [0.2, 0.25) is 29.5 Å². The van der Waals surface area contributed by atoms with Crippen LogP contribution in [0.3, 0.4) is 0 Å². The van der Waals surface area contributed by atoms with E-state index in [-0.39, 0.29) is 6.42 Å². The second-order valence-electron chi connectivity index (χ2n) is 38.5. The number of aliphatic hydroxyl groups excluding tert-OH is 23. The Balaban J connectivity index is 1.28. The molecule has 0 aromatic carbocycles. The third kappa shape index (κ3) is 35.0. The molecule has 0 spiro atoms. The van der Waals surface area contributed by atoms with Crippen molar-refractivity contribution in [3.05, 3.63) is 12.2 Å². The van der Waals surface area contributed by atoms with Crippen molar-refractivity contribution in [2.75, 3.05) is 59.5 Å². The first-order valence-electron chi connectivity index (χ1n) is 50.5. The van der Waals surface area contributed by atoms with E-state index in [4.69, 9.17) is 66.3 Å². The van der Waals surface area contributed by atoms with Crippen LogP contribution in [0.25, 0.3) is 0 Å². The lowest BCUT2D eigenvalue weighted by Gasteiger charge is -2.53. The number of aliphatic carboxylic acids is 3. The predicted molar refractivity (Wildman–Crippen MR) is 493 cm³/mol. The van der Waals surface area contributed by atoms with E-state index in [1.807, 2.05) is 0 Å². The van der Waals surface area contributed by atoms with Crippen molar-refractivity contribution in [3.8, 4) is 0 Å². The molecule has 7 aliphatic heterocycles. The van der Waals surface area contributed by atoms with Crippen molar-refractivity contribution in [2.24, 2.45) is 0 Å². The number of amides is 5. The number of unbranched alkanes of at least 4 members (excludes halogenated alkanes) is 23. The second-order valence-corrected chi connectivity index (χ2v) is 38.5. The fraction of sp³-hybridized carbons (Fsp3) is 0.892. The molecule has 0 bridgehead atoms. The van der Waals surface area contributed by atoms with Crippen LogP contribution in [0.15, 0.2) is 12.2 Å². The molecule has 0 saturated carbocycles. The fourth-order valence-electron chi connectivity index (χ4n) is 19.1. The van der Waals surface area contributed by atoms with E-state index in [2.05, 4.69) is 40.4 Å². The van der Waals surface area contributed by atoms with Gasteiger partial charge in [0.1, 0.15) is 159 Å². The topological polar surface area (TPSA) is 852 Å². The highest BCUT2D eigenvalue weighted by molar-refractivity contribution is 5.79. The Morgan fingerprint density at radius 2 is 0.747 bits per heavy atom. The molecular weight excluding hydrogens is 1960 g/mol. The molecule has 31 N–H and O–H groups in total. The first-order valence-corrected chi connectivity index (χ1v) is 50.5. The number of hydrogen-bond donors (Lipinski definition) is 31. The molecule has 40 atom stereocenters. The lowest BCUT2D eigenvalue weighted by Crippen LogP contribution is -2.73. The van der Waals surface area contributed by atoms with Gasteiger partial charge in [-0.1, -0.05) is 167 Å². The van der Waals surface area contributed by atoms with Crippen LogP contribution in [-0.2, 0) is 105 Å². The quantitative estimate of drug-likeness (QED) is 0.0199. The molecule has 146 heavy (non-hydrogen) atoms. The maximum Gasteiger partial charge on any atom is 0.364 e.